The molecule has 1 aliphatic rings. The maximum absolute atomic E-state index is 10.7. The Bertz CT molecular complexity index is 555. The van der Waals surface area contributed by atoms with E-state index in [0.29, 0.717) is 11.5 Å². The summed E-state index contributed by atoms with van der Waals surface area (Å²) in [5.74, 6) is 0.689. The minimum atomic E-state index is 0.686. The molecule has 1 saturated heterocycles. The number of carbonyl (C=O) groups excluding carboxylic acids is 1. The van der Waals surface area contributed by atoms with Crippen molar-refractivity contribution in [3.63, 3.8) is 0 Å². The molecular weight excluding hydrogens is 226 g/mol. The normalized spacial score (nSPS) is 20.1. The molecule has 1 fully saturated rings. The topological polar surface area (TPSA) is 46.4 Å². The lowest BCUT2D eigenvalue weighted by Gasteiger charge is -2.21. The number of aromatic nitrogens is 2. The molecule has 0 saturated carbocycles. The van der Waals surface area contributed by atoms with E-state index in [1.807, 2.05) is 22.9 Å². The van der Waals surface area contributed by atoms with Crippen molar-refractivity contribution in [2.24, 2.45) is 5.92 Å². The van der Waals surface area contributed by atoms with Gasteiger partial charge in [0.05, 0.1) is 5.69 Å². The molecule has 18 heavy (non-hydrogen) atoms. The molecule has 3 rings (SSSR count). The van der Waals surface area contributed by atoms with Crippen LogP contribution in [0.5, 0.6) is 0 Å². The zero-order chi connectivity index (χ0) is 12.4. The number of rotatable bonds is 3. The van der Waals surface area contributed by atoms with Crippen LogP contribution in [0.4, 0.5) is 0 Å². The molecule has 1 atom stereocenters. The first-order valence-electron chi connectivity index (χ1n) is 6.49. The first-order chi connectivity index (χ1) is 8.85. The predicted octanol–water partition coefficient (Wildman–Crippen LogP) is 1.69. The monoisotopic (exact) mass is 243 g/mol. The predicted molar refractivity (Wildman–Crippen MR) is 69.9 cm³/mol. The number of fused-ring (bicyclic) bond motifs is 1. The van der Waals surface area contributed by atoms with E-state index in [2.05, 4.69) is 10.3 Å². The number of hydrogen-bond acceptors (Lipinski definition) is 3. The second-order valence-electron chi connectivity index (χ2n) is 4.99. The summed E-state index contributed by atoms with van der Waals surface area (Å²) >= 11 is 0. The van der Waals surface area contributed by atoms with Crippen LogP contribution < -0.4 is 5.32 Å². The van der Waals surface area contributed by atoms with Crippen molar-refractivity contribution in [3.8, 4) is 0 Å². The van der Waals surface area contributed by atoms with Gasteiger partial charge in [-0.05, 0) is 50.4 Å². The van der Waals surface area contributed by atoms with Crippen LogP contribution in [0.2, 0.25) is 0 Å². The molecule has 0 aromatic carbocycles. The highest BCUT2D eigenvalue weighted by molar-refractivity contribution is 5.74. The third kappa shape index (κ3) is 2.29. The Balaban J connectivity index is 1.81. The average molecular weight is 243 g/mol. The molecule has 0 bridgehead atoms. The van der Waals surface area contributed by atoms with Gasteiger partial charge in [0.15, 0.2) is 6.29 Å². The molecule has 1 N–H and O–H groups in total. The van der Waals surface area contributed by atoms with Crippen molar-refractivity contribution < 1.29 is 4.79 Å². The Labute approximate surface area is 106 Å². The highest BCUT2D eigenvalue weighted by atomic mass is 16.1. The SMILES string of the molecule is O=Cc1ccc2nc(CC3CCCNC3)cn2c1. The van der Waals surface area contributed by atoms with Gasteiger partial charge >= 0.3 is 0 Å². The fourth-order valence-corrected chi connectivity index (χ4v) is 2.62. The van der Waals surface area contributed by atoms with E-state index in [1.54, 1.807) is 6.07 Å². The smallest absolute Gasteiger partial charge is 0.151 e. The highest BCUT2D eigenvalue weighted by Crippen LogP contribution is 2.16. The van der Waals surface area contributed by atoms with Gasteiger partial charge in [-0.25, -0.2) is 4.98 Å². The molecule has 94 valence electrons. The lowest BCUT2D eigenvalue weighted by atomic mass is 9.95. The summed E-state index contributed by atoms with van der Waals surface area (Å²) in [6.45, 7) is 2.23. The van der Waals surface area contributed by atoms with Crippen molar-refractivity contribution in [2.45, 2.75) is 19.3 Å². The van der Waals surface area contributed by atoms with E-state index in [-0.39, 0.29) is 0 Å². The lowest BCUT2D eigenvalue weighted by molar-refractivity contribution is 0.112. The zero-order valence-electron chi connectivity index (χ0n) is 10.3. The first kappa shape index (κ1) is 11.4. The molecular formula is C14H17N3O. The van der Waals surface area contributed by atoms with Gasteiger partial charge in [0, 0.05) is 18.0 Å². The molecule has 2 aromatic heterocycles. The minimum absolute atomic E-state index is 0.686. The summed E-state index contributed by atoms with van der Waals surface area (Å²) < 4.78 is 1.94. The van der Waals surface area contributed by atoms with E-state index in [4.69, 9.17) is 0 Å². The number of piperidine rings is 1. The van der Waals surface area contributed by atoms with Gasteiger partial charge in [0.25, 0.3) is 0 Å². The Hall–Kier alpha value is -1.68. The molecule has 1 unspecified atom stereocenters. The quantitative estimate of drug-likeness (QED) is 0.834. The van der Waals surface area contributed by atoms with E-state index in [0.717, 1.165) is 37.1 Å². The second-order valence-corrected chi connectivity index (χ2v) is 4.99. The van der Waals surface area contributed by atoms with Crippen molar-refractivity contribution >= 4 is 11.9 Å². The number of pyridine rings is 1. The van der Waals surface area contributed by atoms with E-state index < -0.39 is 0 Å². The number of imidazole rings is 1. The Morgan fingerprint density at radius 2 is 2.39 bits per heavy atom. The number of aldehydes is 1. The standard InChI is InChI=1S/C14H17N3O/c18-10-12-3-4-14-16-13(9-17(14)8-12)6-11-2-1-5-15-7-11/h3-4,8-11,15H,1-2,5-7H2. The Morgan fingerprint density at radius 3 is 3.17 bits per heavy atom. The molecule has 4 nitrogen and oxygen atoms in total. The fourth-order valence-electron chi connectivity index (χ4n) is 2.62. The van der Waals surface area contributed by atoms with Crippen LogP contribution in [-0.4, -0.2) is 28.8 Å². The summed E-state index contributed by atoms with van der Waals surface area (Å²) in [6, 6.07) is 3.70. The summed E-state index contributed by atoms with van der Waals surface area (Å²) in [5, 5.41) is 3.43. The van der Waals surface area contributed by atoms with Crippen LogP contribution in [0.15, 0.2) is 24.5 Å². The van der Waals surface area contributed by atoms with Gasteiger partial charge in [0.2, 0.25) is 0 Å². The molecule has 1 aliphatic heterocycles. The molecule has 2 aromatic rings. The summed E-state index contributed by atoms with van der Waals surface area (Å²) in [5.41, 5.74) is 2.72. The summed E-state index contributed by atoms with van der Waals surface area (Å²) in [4.78, 5) is 15.3. The number of hydrogen-bond donors (Lipinski definition) is 1. The molecule has 3 heterocycles. The van der Waals surface area contributed by atoms with Crippen molar-refractivity contribution in [1.82, 2.24) is 14.7 Å². The van der Waals surface area contributed by atoms with E-state index in [9.17, 15) is 4.79 Å². The van der Waals surface area contributed by atoms with Gasteiger partial charge in [0.1, 0.15) is 5.65 Å². The first-order valence-corrected chi connectivity index (χ1v) is 6.49. The highest BCUT2D eigenvalue weighted by Gasteiger charge is 2.15. The maximum Gasteiger partial charge on any atom is 0.151 e. The van der Waals surface area contributed by atoms with Gasteiger partial charge in [-0.3, -0.25) is 4.79 Å². The molecule has 4 heteroatoms. The van der Waals surface area contributed by atoms with Gasteiger partial charge in [-0.15, -0.1) is 0 Å². The Morgan fingerprint density at radius 1 is 1.44 bits per heavy atom. The van der Waals surface area contributed by atoms with Crippen LogP contribution in [-0.2, 0) is 6.42 Å². The minimum Gasteiger partial charge on any atom is -0.316 e. The summed E-state index contributed by atoms with van der Waals surface area (Å²) in [6.07, 6.45) is 8.29. The number of carbonyl (C=O) groups is 1. The average Bonchev–Trinajstić information content (AvgIpc) is 2.80. The van der Waals surface area contributed by atoms with Crippen LogP contribution >= 0.6 is 0 Å². The molecule has 0 radical (unpaired) electrons. The van der Waals surface area contributed by atoms with E-state index in [1.165, 1.54) is 12.8 Å². The van der Waals surface area contributed by atoms with Crippen LogP contribution in [0.1, 0.15) is 28.9 Å². The Kier molecular flexibility index (Phi) is 3.11. The van der Waals surface area contributed by atoms with Gasteiger partial charge in [-0.2, -0.15) is 0 Å². The number of nitrogens with zero attached hydrogens (tertiary/aromatic N) is 2. The second kappa shape index (κ2) is 4.90. The van der Waals surface area contributed by atoms with Crippen LogP contribution in [0.3, 0.4) is 0 Å². The van der Waals surface area contributed by atoms with Crippen LogP contribution in [0.25, 0.3) is 5.65 Å². The molecule has 0 aliphatic carbocycles. The number of nitrogens with one attached hydrogen (secondary N) is 1. The summed E-state index contributed by atoms with van der Waals surface area (Å²) in [7, 11) is 0. The largest absolute Gasteiger partial charge is 0.316 e. The third-order valence-electron chi connectivity index (χ3n) is 3.56. The molecule has 0 amide bonds. The van der Waals surface area contributed by atoms with Gasteiger partial charge < -0.3 is 9.72 Å². The van der Waals surface area contributed by atoms with Gasteiger partial charge in [-0.1, -0.05) is 0 Å². The van der Waals surface area contributed by atoms with Crippen molar-refractivity contribution in [2.75, 3.05) is 13.1 Å². The fraction of sp³-hybridized carbons (Fsp3) is 0.429. The van der Waals surface area contributed by atoms with Crippen molar-refractivity contribution in [1.29, 1.82) is 0 Å². The van der Waals surface area contributed by atoms with Crippen molar-refractivity contribution in [3.05, 3.63) is 35.8 Å². The third-order valence-corrected chi connectivity index (χ3v) is 3.56. The van der Waals surface area contributed by atoms with Crippen LogP contribution in [0, 0.1) is 5.92 Å². The lowest BCUT2D eigenvalue weighted by Crippen LogP contribution is -2.30. The maximum atomic E-state index is 10.7. The van der Waals surface area contributed by atoms with E-state index >= 15 is 0 Å². The zero-order valence-corrected chi connectivity index (χ0v) is 10.3. The molecule has 0 spiro atoms.